The quantitative estimate of drug-likeness (QED) is 0.438. The van der Waals surface area contributed by atoms with Crippen LogP contribution in [-0.4, -0.2) is 4.98 Å². The fraction of sp³-hybridized carbons (Fsp3) is 0.174. The van der Waals surface area contributed by atoms with Gasteiger partial charge in [-0.05, 0) is 48.9 Å². The van der Waals surface area contributed by atoms with Gasteiger partial charge in [0.15, 0.2) is 0 Å². The summed E-state index contributed by atoms with van der Waals surface area (Å²) in [6, 6.07) is 24.2. The average molecular weight is 395 g/mol. The summed E-state index contributed by atoms with van der Waals surface area (Å²) in [6.07, 6.45) is 1.78. The highest BCUT2D eigenvalue weighted by Crippen LogP contribution is 2.24. The van der Waals surface area contributed by atoms with E-state index in [-0.39, 0.29) is 18.4 Å². The highest BCUT2D eigenvalue weighted by atomic mass is 35.5. The predicted octanol–water partition coefficient (Wildman–Crippen LogP) is 5.68. The molecule has 2 aromatic carbocycles. The third kappa shape index (κ3) is 4.91. The largest absolute Gasteiger partial charge is 0.487 e. The fourth-order valence-electron chi connectivity index (χ4n) is 2.97. The second-order valence-electron chi connectivity index (χ2n) is 6.55. The van der Waals surface area contributed by atoms with Crippen LogP contribution in [0.1, 0.15) is 30.0 Å². The lowest BCUT2D eigenvalue weighted by molar-refractivity contribution is 0.301. The van der Waals surface area contributed by atoms with Crippen LogP contribution < -0.4 is 10.1 Å². The minimum absolute atomic E-state index is 0. The minimum atomic E-state index is 0. The van der Waals surface area contributed by atoms with Crippen LogP contribution in [0.3, 0.4) is 0 Å². The van der Waals surface area contributed by atoms with Crippen molar-refractivity contribution in [2.24, 2.45) is 0 Å². The van der Waals surface area contributed by atoms with Gasteiger partial charge >= 0.3 is 0 Å². The Bertz CT molecular complexity index is 984. The van der Waals surface area contributed by atoms with Gasteiger partial charge in [-0.1, -0.05) is 36.4 Å². The lowest BCUT2D eigenvalue weighted by atomic mass is 10.2. The normalized spacial score (nSPS) is 11.8. The molecule has 0 fully saturated rings. The molecule has 1 unspecified atom stereocenters. The molecule has 0 spiro atoms. The Morgan fingerprint density at radius 2 is 1.86 bits per heavy atom. The maximum absolute atomic E-state index is 5.94. The summed E-state index contributed by atoms with van der Waals surface area (Å²) >= 11 is 0. The van der Waals surface area contributed by atoms with Crippen molar-refractivity contribution in [1.82, 2.24) is 10.3 Å². The molecular weight excluding hydrogens is 372 g/mol. The van der Waals surface area contributed by atoms with Crippen molar-refractivity contribution in [3.63, 3.8) is 0 Å². The van der Waals surface area contributed by atoms with Crippen molar-refractivity contribution in [2.75, 3.05) is 0 Å². The second kappa shape index (κ2) is 9.40. The van der Waals surface area contributed by atoms with Crippen molar-refractivity contribution in [3.8, 4) is 5.75 Å². The number of rotatable bonds is 7. The molecule has 5 heteroatoms. The van der Waals surface area contributed by atoms with E-state index in [9.17, 15) is 0 Å². The van der Waals surface area contributed by atoms with Crippen LogP contribution in [0.25, 0.3) is 11.0 Å². The Balaban J connectivity index is 0.00000225. The number of hydrogen-bond acceptors (Lipinski definition) is 4. The van der Waals surface area contributed by atoms with Crippen molar-refractivity contribution < 1.29 is 9.15 Å². The fourth-order valence-corrected chi connectivity index (χ4v) is 2.97. The number of halogens is 1. The molecule has 1 atom stereocenters. The first kappa shape index (κ1) is 19.9. The first-order valence-corrected chi connectivity index (χ1v) is 9.11. The smallest absolute Gasteiger partial charge is 0.134 e. The lowest BCUT2D eigenvalue weighted by Crippen LogP contribution is -2.17. The molecule has 0 aliphatic heterocycles. The van der Waals surface area contributed by atoms with Gasteiger partial charge in [0.2, 0.25) is 0 Å². The zero-order valence-electron chi connectivity index (χ0n) is 15.7. The highest BCUT2D eigenvalue weighted by molar-refractivity contribution is 5.85. The van der Waals surface area contributed by atoms with Gasteiger partial charge in [-0.15, -0.1) is 12.4 Å². The molecule has 0 aliphatic carbocycles. The van der Waals surface area contributed by atoms with Crippen LogP contribution in [0.5, 0.6) is 5.75 Å². The molecule has 28 heavy (non-hydrogen) atoms. The van der Waals surface area contributed by atoms with Crippen LogP contribution >= 0.6 is 12.4 Å². The summed E-state index contributed by atoms with van der Waals surface area (Å²) in [5.41, 5.74) is 3.00. The summed E-state index contributed by atoms with van der Waals surface area (Å²) in [5.74, 6) is 1.79. The van der Waals surface area contributed by atoms with E-state index in [1.807, 2.05) is 48.5 Å². The molecule has 2 aromatic heterocycles. The van der Waals surface area contributed by atoms with E-state index in [0.29, 0.717) is 6.61 Å². The third-order valence-corrected chi connectivity index (χ3v) is 4.50. The van der Waals surface area contributed by atoms with Gasteiger partial charge in [-0.25, -0.2) is 0 Å². The molecule has 0 bridgehead atoms. The van der Waals surface area contributed by atoms with Gasteiger partial charge in [0.05, 0.1) is 11.7 Å². The van der Waals surface area contributed by atoms with Crippen LogP contribution in [-0.2, 0) is 13.2 Å². The average Bonchev–Trinajstić information content (AvgIpc) is 3.16. The first-order chi connectivity index (χ1) is 13.3. The number of fused-ring (bicyclic) bond motifs is 1. The van der Waals surface area contributed by atoms with Crippen molar-refractivity contribution in [2.45, 2.75) is 26.1 Å². The maximum Gasteiger partial charge on any atom is 0.134 e. The number of nitrogens with one attached hydrogen (secondary N) is 1. The third-order valence-electron chi connectivity index (χ3n) is 4.50. The summed E-state index contributed by atoms with van der Waals surface area (Å²) in [7, 11) is 0. The van der Waals surface area contributed by atoms with Gasteiger partial charge in [0.25, 0.3) is 0 Å². The zero-order valence-corrected chi connectivity index (χ0v) is 16.5. The number of nitrogens with zero attached hydrogens (tertiary/aromatic N) is 1. The van der Waals surface area contributed by atoms with Gasteiger partial charge in [-0.2, -0.15) is 0 Å². The van der Waals surface area contributed by atoms with Gasteiger partial charge in [0.1, 0.15) is 23.7 Å². The van der Waals surface area contributed by atoms with E-state index < -0.39 is 0 Å². The van der Waals surface area contributed by atoms with E-state index in [1.165, 1.54) is 0 Å². The van der Waals surface area contributed by atoms with Crippen LogP contribution in [0.2, 0.25) is 0 Å². The predicted molar refractivity (Wildman–Crippen MR) is 114 cm³/mol. The van der Waals surface area contributed by atoms with E-state index in [1.54, 1.807) is 6.20 Å². The second-order valence-corrected chi connectivity index (χ2v) is 6.55. The molecule has 0 aliphatic rings. The number of pyridine rings is 1. The molecule has 0 saturated carbocycles. The Morgan fingerprint density at radius 1 is 1.00 bits per heavy atom. The Morgan fingerprint density at radius 3 is 2.68 bits per heavy atom. The maximum atomic E-state index is 5.94. The molecule has 0 amide bonds. The summed E-state index contributed by atoms with van der Waals surface area (Å²) < 4.78 is 11.8. The molecule has 0 radical (unpaired) electrons. The van der Waals surface area contributed by atoms with E-state index in [4.69, 9.17) is 9.15 Å². The number of hydrogen-bond donors (Lipinski definition) is 1. The number of para-hydroxylation sites is 1. The van der Waals surface area contributed by atoms with Crippen molar-refractivity contribution in [1.29, 1.82) is 0 Å². The van der Waals surface area contributed by atoms with Crippen LogP contribution in [0.4, 0.5) is 0 Å². The highest BCUT2D eigenvalue weighted by Gasteiger charge is 2.11. The molecule has 2 heterocycles. The lowest BCUT2D eigenvalue weighted by Gasteiger charge is -2.12. The number of benzene rings is 2. The molecular formula is C23H23ClN2O2. The first-order valence-electron chi connectivity index (χ1n) is 9.11. The standard InChI is InChI=1S/C23H22N2O2.ClH/c1-17(23-14-19-8-2-3-11-22(19)27-23)25-15-18-7-6-10-21(13-18)26-16-20-9-4-5-12-24-20;/h2-14,17,25H,15-16H2,1H3;1H. The van der Waals surface area contributed by atoms with E-state index >= 15 is 0 Å². The number of ether oxygens (including phenoxy) is 1. The number of furan rings is 1. The van der Waals surface area contributed by atoms with E-state index in [2.05, 4.69) is 41.5 Å². The summed E-state index contributed by atoms with van der Waals surface area (Å²) in [6.45, 7) is 3.31. The molecule has 1 N–H and O–H groups in total. The molecule has 4 nitrogen and oxygen atoms in total. The van der Waals surface area contributed by atoms with Crippen LogP contribution in [0, 0.1) is 0 Å². The van der Waals surface area contributed by atoms with Crippen LogP contribution in [0.15, 0.2) is 83.4 Å². The van der Waals surface area contributed by atoms with Gasteiger partial charge < -0.3 is 14.5 Å². The summed E-state index contributed by atoms with van der Waals surface area (Å²) in [4.78, 5) is 4.28. The molecule has 144 valence electrons. The SMILES string of the molecule is CC(NCc1cccc(OCc2ccccn2)c1)c1cc2ccccc2o1.Cl. The minimum Gasteiger partial charge on any atom is -0.487 e. The molecule has 4 aromatic rings. The van der Waals surface area contributed by atoms with Crippen molar-refractivity contribution in [3.05, 3.63) is 96.0 Å². The monoisotopic (exact) mass is 394 g/mol. The summed E-state index contributed by atoms with van der Waals surface area (Å²) in [5, 5.41) is 4.65. The van der Waals surface area contributed by atoms with Gasteiger partial charge in [-0.3, -0.25) is 4.98 Å². The molecule has 4 rings (SSSR count). The number of aromatic nitrogens is 1. The van der Waals surface area contributed by atoms with Gasteiger partial charge in [0, 0.05) is 18.1 Å². The Hall–Kier alpha value is -2.82. The van der Waals surface area contributed by atoms with Crippen molar-refractivity contribution >= 4 is 23.4 Å². The molecule has 0 saturated heterocycles. The topological polar surface area (TPSA) is 47.3 Å². The van der Waals surface area contributed by atoms with E-state index in [0.717, 1.165) is 40.3 Å². The Kier molecular flexibility index (Phi) is 6.69. The Labute approximate surface area is 171 Å². The zero-order chi connectivity index (χ0) is 18.5.